The number of aryl methyl sites for hydroxylation is 1. The van der Waals surface area contributed by atoms with Crippen LogP contribution in [0.5, 0.6) is 5.75 Å². The van der Waals surface area contributed by atoms with Crippen LogP contribution in [0.25, 0.3) is 21.9 Å². The second kappa shape index (κ2) is 13.4. The Morgan fingerprint density at radius 2 is 1.71 bits per heavy atom. The molecular weight excluding hydrogens is 650 g/mol. The van der Waals surface area contributed by atoms with Crippen molar-refractivity contribution in [2.75, 3.05) is 37.4 Å². The molecule has 4 aromatic carbocycles. The van der Waals surface area contributed by atoms with Crippen LogP contribution in [0.2, 0.25) is 0 Å². The zero-order valence-electron chi connectivity index (χ0n) is 27.4. The van der Waals surface area contributed by atoms with Gasteiger partial charge in [-0.2, -0.15) is 4.31 Å². The van der Waals surface area contributed by atoms with Crippen LogP contribution in [-0.2, 0) is 17.1 Å². The van der Waals surface area contributed by atoms with E-state index in [-0.39, 0.29) is 47.2 Å². The number of nitrogens with zero attached hydrogens (tertiary/aromatic N) is 3. The van der Waals surface area contributed by atoms with Gasteiger partial charge in [0.2, 0.25) is 10.0 Å². The molecule has 1 aliphatic rings. The lowest BCUT2D eigenvalue weighted by atomic mass is 9.99. The molecule has 3 atom stereocenters. The fourth-order valence-electron chi connectivity index (χ4n) is 5.98. The van der Waals surface area contributed by atoms with Gasteiger partial charge in [-0.3, -0.25) is 9.36 Å². The number of sulfonamides is 1. The van der Waals surface area contributed by atoms with Crippen LogP contribution in [0, 0.1) is 5.92 Å². The van der Waals surface area contributed by atoms with E-state index in [9.17, 15) is 27.9 Å². The maximum Gasteiger partial charge on any atom is 0.419 e. The summed E-state index contributed by atoms with van der Waals surface area (Å²) in [5.74, 6) is -1.36. The second-order valence-electron chi connectivity index (χ2n) is 12.3. The summed E-state index contributed by atoms with van der Waals surface area (Å²) in [4.78, 5) is 40.7. The zero-order chi connectivity index (χ0) is 35.0. The molecule has 13 nitrogen and oxygen atoms in total. The molecule has 0 saturated carbocycles. The number of benzene rings is 4. The first kappa shape index (κ1) is 33.7. The van der Waals surface area contributed by atoms with Gasteiger partial charge in [0.1, 0.15) is 6.10 Å². The van der Waals surface area contributed by atoms with Gasteiger partial charge in [0.25, 0.3) is 5.91 Å². The normalized spacial score (nSPS) is 17.3. The summed E-state index contributed by atoms with van der Waals surface area (Å²) in [6, 6.07) is 21.0. The van der Waals surface area contributed by atoms with Crippen LogP contribution in [-0.4, -0.2) is 78.1 Å². The number of oxazole rings is 1. The summed E-state index contributed by atoms with van der Waals surface area (Å²) in [5.41, 5.74) is 1.52. The number of aliphatic hydroxyl groups excluding tert-OH is 1. The number of amides is 3. The number of ether oxygens (including phenoxy) is 1. The molecule has 14 heteroatoms. The minimum atomic E-state index is -4.10. The third-order valence-corrected chi connectivity index (χ3v) is 10.7. The van der Waals surface area contributed by atoms with E-state index in [0.29, 0.717) is 11.2 Å². The van der Waals surface area contributed by atoms with Crippen LogP contribution >= 0.6 is 0 Å². The minimum Gasteiger partial charge on any atom is -0.486 e. The molecule has 3 unspecified atom stereocenters. The van der Waals surface area contributed by atoms with Crippen LogP contribution in [0.1, 0.15) is 24.2 Å². The summed E-state index contributed by atoms with van der Waals surface area (Å²) in [5, 5.41) is 17.5. The Kier molecular flexibility index (Phi) is 9.20. The van der Waals surface area contributed by atoms with Crippen molar-refractivity contribution in [2.24, 2.45) is 13.0 Å². The highest BCUT2D eigenvalue weighted by molar-refractivity contribution is 7.89. The molecule has 0 radical (unpaired) electrons. The average molecular weight is 688 g/mol. The summed E-state index contributed by atoms with van der Waals surface area (Å²) < 4.78 is 41.7. The highest BCUT2D eigenvalue weighted by atomic mass is 32.2. The van der Waals surface area contributed by atoms with E-state index in [1.807, 2.05) is 43.3 Å². The molecule has 3 amide bonds. The summed E-state index contributed by atoms with van der Waals surface area (Å²) in [6.45, 7) is 3.28. The number of likely N-dealkylation sites (N-methyl/N-ethyl adjacent to an activating group) is 1. The van der Waals surface area contributed by atoms with Gasteiger partial charge in [-0.1, -0.05) is 49.4 Å². The minimum absolute atomic E-state index is 0.0746. The quantitative estimate of drug-likeness (QED) is 0.215. The number of anilines is 2. The van der Waals surface area contributed by atoms with Crippen molar-refractivity contribution < 1.29 is 32.3 Å². The molecule has 0 aliphatic carbocycles. The van der Waals surface area contributed by atoms with Gasteiger partial charge in [0, 0.05) is 38.0 Å². The van der Waals surface area contributed by atoms with Crippen molar-refractivity contribution in [3.05, 3.63) is 95.0 Å². The molecule has 0 saturated heterocycles. The third kappa shape index (κ3) is 6.49. The maximum atomic E-state index is 13.9. The molecule has 0 bridgehead atoms. The Hall–Kier alpha value is -5.18. The fraction of sp³-hybridized carbons (Fsp3) is 0.286. The van der Waals surface area contributed by atoms with E-state index in [1.165, 1.54) is 41.8 Å². The number of carbonyl (C=O) groups excluding carboxylic acids is 2. The van der Waals surface area contributed by atoms with Gasteiger partial charge in [-0.05, 0) is 42.6 Å². The number of aliphatic hydroxyl groups is 1. The number of hydrogen-bond acceptors (Lipinski definition) is 8. The number of urea groups is 1. The highest BCUT2D eigenvalue weighted by Crippen LogP contribution is 2.36. The zero-order valence-corrected chi connectivity index (χ0v) is 28.2. The van der Waals surface area contributed by atoms with Crippen molar-refractivity contribution in [3.63, 3.8) is 0 Å². The average Bonchev–Trinajstić information content (AvgIpc) is 3.38. The van der Waals surface area contributed by atoms with Crippen molar-refractivity contribution >= 4 is 55.2 Å². The van der Waals surface area contributed by atoms with Gasteiger partial charge in [-0.15, -0.1) is 0 Å². The van der Waals surface area contributed by atoms with Crippen LogP contribution in [0.3, 0.4) is 0 Å². The predicted octanol–water partition coefficient (Wildman–Crippen LogP) is 4.47. The number of aromatic nitrogens is 1. The molecule has 6 rings (SSSR count). The van der Waals surface area contributed by atoms with E-state index in [1.54, 1.807) is 31.2 Å². The summed E-state index contributed by atoms with van der Waals surface area (Å²) in [6.07, 6.45) is -0.803. The predicted molar refractivity (Wildman–Crippen MR) is 185 cm³/mol. The van der Waals surface area contributed by atoms with Gasteiger partial charge in [0.15, 0.2) is 11.3 Å². The van der Waals surface area contributed by atoms with Crippen LogP contribution in [0.4, 0.5) is 16.2 Å². The molecule has 1 aromatic heterocycles. The molecule has 256 valence electrons. The Balaban J connectivity index is 1.32. The lowest BCUT2D eigenvalue weighted by Gasteiger charge is -2.38. The van der Waals surface area contributed by atoms with Crippen molar-refractivity contribution in [2.45, 2.75) is 30.9 Å². The Morgan fingerprint density at radius 1 is 1.02 bits per heavy atom. The van der Waals surface area contributed by atoms with E-state index >= 15 is 0 Å². The number of carbonyl (C=O) groups is 2. The number of fused-ring (bicyclic) bond motifs is 3. The third-order valence-electron chi connectivity index (χ3n) is 8.89. The first-order valence-corrected chi connectivity index (χ1v) is 17.2. The first-order valence-electron chi connectivity index (χ1n) is 15.7. The SMILES string of the molecule is CC1CN(C(C)CO)C(=O)c2cccc(NC(=O)Nc3cccc4ccccc34)c2OC1CN(C)S(=O)(=O)c1ccc2c(c1)oc(=O)n2C. The number of nitrogens with one attached hydrogen (secondary N) is 2. The Bertz CT molecular complexity index is 2230. The summed E-state index contributed by atoms with van der Waals surface area (Å²) >= 11 is 0. The van der Waals surface area contributed by atoms with Crippen molar-refractivity contribution in [1.29, 1.82) is 0 Å². The number of hydrogen-bond donors (Lipinski definition) is 3. The Labute approximate surface area is 282 Å². The number of para-hydroxylation sites is 1. The first-order chi connectivity index (χ1) is 23.4. The van der Waals surface area contributed by atoms with Crippen molar-refractivity contribution in [1.82, 2.24) is 13.8 Å². The number of rotatable bonds is 8. The molecule has 3 N–H and O–H groups in total. The van der Waals surface area contributed by atoms with E-state index in [2.05, 4.69) is 10.6 Å². The standard InChI is InChI=1S/C35H37N5O8S/c1-21-18-40(22(2)20-41)33(42)26-12-8-14-28(37-34(43)36-27-13-7-10-23-9-5-6-11-25(23)27)32(26)47-31(21)19-38(3)49(45,46)24-15-16-29-30(17-24)48-35(44)39(29)4/h5-17,21-22,31,41H,18-20H2,1-4H3,(H2,36,37,43). The molecule has 1 aliphatic heterocycles. The van der Waals surface area contributed by atoms with Gasteiger partial charge in [-0.25, -0.2) is 18.0 Å². The Morgan fingerprint density at radius 3 is 2.49 bits per heavy atom. The van der Waals surface area contributed by atoms with Crippen LogP contribution in [0.15, 0.2) is 93.0 Å². The molecule has 0 fully saturated rings. The van der Waals surface area contributed by atoms with E-state index in [0.717, 1.165) is 15.1 Å². The molecular formula is C35H37N5O8S. The fourth-order valence-corrected chi connectivity index (χ4v) is 7.18. The van der Waals surface area contributed by atoms with Gasteiger partial charge >= 0.3 is 11.8 Å². The molecule has 0 spiro atoms. The van der Waals surface area contributed by atoms with E-state index in [4.69, 9.17) is 9.15 Å². The maximum absolute atomic E-state index is 13.9. The van der Waals surface area contributed by atoms with Crippen molar-refractivity contribution in [3.8, 4) is 5.75 Å². The smallest absolute Gasteiger partial charge is 0.419 e. The van der Waals surface area contributed by atoms with Gasteiger partial charge in [0.05, 0.1) is 46.5 Å². The molecule has 5 aromatic rings. The lowest BCUT2D eigenvalue weighted by Crippen LogP contribution is -2.50. The topological polar surface area (TPSA) is 163 Å². The second-order valence-corrected chi connectivity index (χ2v) is 14.3. The lowest BCUT2D eigenvalue weighted by molar-refractivity contribution is 0.0389. The molecule has 49 heavy (non-hydrogen) atoms. The largest absolute Gasteiger partial charge is 0.486 e. The molecule has 2 heterocycles. The summed E-state index contributed by atoms with van der Waals surface area (Å²) in [7, 11) is -1.16. The van der Waals surface area contributed by atoms with Crippen LogP contribution < -0.4 is 21.1 Å². The van der Waals surface area contributed by atoms with Gasteiger partial charge < -0.3 is 29.8 Å². The monoisotopic (exact) mass is 687 g/mol. The van der Waals surface area contributed by atoms with E-state index < -0.39 is 45.8 Å². The highest BCUT2D eigenvalue weighted by Gasteiger charge is 2.36.